The van der Waals surface area contributed by atoms with Crippen molar-refractivity contribution in [1.82, 2.24) is 14.7 Å². The van der Waals surface area contributed by atoms with Gasteiger partial charge < -0.3 is 14.5 Å². The largest absolute Gasteiger partial charge is 0.493 e. The molecule has 0 bridgehead atoms. The van der Waals surface area contributed by atoms with Crippen LogP contribution >= 0.6 is 23.2 Å². The fourth-order valence-corrected chi connectivity index (χ4v) is 5.92. The summed E-state index contributed by atoms with van der Waals surface area (Å²) in [6.45, 7) is 12.3. The molecule has 9 heteroatoms. The molecule has 0 saturated carbocycles. The Labute approximate surface area is 264 Å². The van der Waals surface area contributed by atoms with Gasteiger partial charge in [0.25, 0.3) is 0 Å². The van der Waals surface area contributed by atoms with Crippen molar-refractivity contribution < 1.29 is 14.3 Å². The minimum atomic E-state index is -0.455. The van der Waals surface area contributed by atoms with Gasteiger partial charge in [-0.2, -0.15) is 0 Å². The highest BCUT2D eigenvalue weighted by Crippen LogP contribution is 2.46. The third-order valence-corrected chi connectivity index (χ3v) is 8.58. The van der Waals surface area contributed by atoms with Crippen molar-refractivity contribution in [2.45, 2.75) is 52.1 Å². The zero-order valence-corrected chi connectivity index (χ0v) is 26.8. The molecule has 0 radical (unpaired) electrons. The van der Waals surface area contributed by atoms with E-state index in [1.807, 2.05) is 66.4 Å². The lowest BCUT2D eigenvalue weighted by Gasteiger charge is -2.39. The first-order valence-corrected chi connectivity index (χ1v) is 15.4. The van der Waals surface area contributed by atoms with Gasteiger partial charge in [-0.05, 0) is 65.4 Å². The lowest BCUT2D eigenvalue weighted by molar-refractivity contribution is -0.130. The number of hydrogen-bond donors (Lipinski definition) is 0. The molecule has 3 aromatic rings. The molecule has 3 aromatic carbocycles. The topological polar surface area (TPSA) is 65.5 Å². The van der Waals surface area contributed by atoms with Gasteiger partial charge in [0.2, 0.25) is 5.91 Å². The Balaban J connectivity index is 1.67. The van der Waals surface area contributed by atoms with Gasteiger partial charge in [-0.3, -0.25) is 14.7 Å². The van der Waals surface area contributed by atoms with Crippen molar-refractivity contribution in [3.8, 4) is 5.75 Å². The van der Waals surface area contributed by atoms with Crippen LogP contribution in [0.3, 0.4) is 0 Å². The maximum absolute atomic E-state index is 14.6. The first kappa shape index (κ1) is 30.9. The molecule has 0 N–H and O–H groups in total. The monoisotopic (exact) mass is 620 g/mol. The Hall–Kier alpha value is -3.55. The molecule has 2 aliphatic rings. The maximum Gasteiger partial charge on any atom is 0.326 e. The number of carbonyl (C=O) groups is 2. The van der Waals surface area contributed by atoms with E-state index in [0.29, 0.717) is 54.4 Å². The molecule has 2 atom stereocenters. The summed E-state index contributed by atoms with van der Waals surface area (Å²) in [5, 5.41) is 1.24. The van der Waals surface area contributed by atoms with E-state index >= 15 is 0 Å². The van der Waals surface area contributed by atoms with E-state index < -0.39 is 12.1 Å². The molecule has 2 unspecified atom stereocenters. The second-order valence-electron chi connectivity index (χ2n) is 12.0. The predicted octanol–water partition coefficient (Wildman–Crippen LogP) is 7.52. The van der Waals surface area contributed by atoms with Crippen LogP contribution in [0.1, 0.15) is 69.0 Å². The summed E-state index contributed by atoms with van der Waals surface area (Å²) >= 11 is 12.6. The summed E-state index contributed by atoms with van der Waals surface area (Å²) in [6.07, 6.45) is 0. The summed E-state index contributed by atoms with van der Waals surface area (Å²) < 4.78 is 6.20. The molecular formula is C34H38Cl2N4O3. The molecule has 1 saturated heterocycles. The molecule has 7 nitrogen and oxygen atoms in total. The standard InChI is InChI=1S/C34H38Cl2N4O3/c1-6-43-29-21-25(34(3,4)5)11-16-28(29)32-37-30(23-7-12-26(35)13-8-23)31(24-9-14-27(36)15-10-24)40(32)33(42)39-19-17-38(18-20-39)22(2)41/h7-16,21,30-31H,6,17-20H2,1-5H3. The smallest absolute Gasteiger partial charge is 0.326 e. The summed E-state index contributed by atoms with van der Waals surface area (Å²) in [4.78, 5) is 37.3. The van der Waals surface area contributed by atoms with Crippen molar-refractivity contribution in [2.75, 3.05) is 32.8 Å². The van der Waals surface area contributed by atoms with Gasteiger partial charge in [-0.25, -0.2) is 4.79 Å². The summed E-state index contributed by atoms with van der Waals surface area (Å²) in [5.41, 5.74) is 3.62. The van der Waals surface area contributed by atoms with Crippen molar-refractivity contribution in [1.29, 1.82) is 0 Å². The fourth-order valence-electron chi connectivity index (χ4n) is 5.67. The Kier molecular flexibility index (Phi) is 9.04. The zero-order valence-electron chi connectivity index (χ0n) is 25.3. The third kappa shape index (κ3) is 6.53. The van der Waals surface area contributed by atoms with Crippen LogP contribution < -0.4 is 4.74 Å². The number of amidine groups is 1. The van der Waals surface area contributed by atoms with Crippen LogP contribution in [-0.2, 0) is 10.2 Å². The quantitative estimate of drug-likeness (QED) is 0.296. The minimum Gasteiger partial charge on any atom is -0.493 e. The van der Waals surface area contributed by atoms with Gasteiger partial charge in [0.1, 0.15) is 17.6 Å². The lowest BCUT2D eigenvalue weighted by atomic mass is 9.86. The second kappa shape index (κ2) is 12.6. The Bertz CT molecular complexity index is 1510. The highest BCUT2D eigenvalue weighted by Gasteiger charge is 2.45. The number of amides is 3. The fraction of sp³-hybridized carbons (Fsp3) is 0.382. The Morgan fingerprint density at radius 2 is 1.42 bits per heavy atom. The molecule has 0 aliphatic carbocycles. The van der Waals surface area contributed by atoms with Crippen molar-refractivity contribution in [3.05, 3.63) is 99.0 Å². The van der Waals surface area contributed by atoms with E-state index in [-0.39, 0.29) is 17.4 Å². The molecule has 43 heavy (non-hydrogen) atoms. The lowest BCUT2D eigenvalue weighted by Crippen LogP contribution is -2.54. The molecule has 0 aromatic heterocycles. The number of piperazine rings is 1. The Morgan fingerprint density at radius 1 is 0.860 bits per heavy atom. The van der Waals surface area contributed by atoms with E-state index in [4.69, 9.17) is 32.9 Å². The first-order valence-electron chi connectivity index (χ1n) is 14.7. The van der Waals surface area contributed by atoms with Gasteiger partial charge in [0.05, 0.1) is 18.2 Å². The minimum absolute atomic E-state index is 0.0117. The summed E-state index contributed by atoms with van der Waals surface area (Å²) in [5.74, 6) is 1.24. The van der Waals surface area contributed by atoms with E-state index in [1.165, 1.54) is 0 Å². The number of aliphatic imine (C=N–C) groups is 1. The number of rotatable bonds is 5. The first-order chi connectivity index (χ1) is 20.5. The van der Waals surface area contributed by atoms with Gasteiger partial charge in [0.15, 0.2) is 0 Å². The molecule has 5 rings (SSSR count). The normalized spacial score (nSPS) is 19.0. The van der Waals surface area contributed by atoms with E-state index in [1.54, 1.807) is 16.7 Å². The van der Waals surface area contributed by atoms with Crippen LogP contribution in [0.25, 0.3) is 0 Å². The number of hydrogen-bond acceptors (Lipinski definition) is 4. The molecule has 2 aliphatic heterocycles. The van der Waals surface area contributed by atoms with Gasteiger partial charge in [-0.15, -0.1) is 0 Å². The molecule has 1 fully saturated rings. The highest BCUT2D eigenvalue weighted by atomic mass is 35.5. The van der Waals surface area contributed by atoms with Crippen LogP contribution in [0, 0.1) is 0 Å². The molecule has 0 spiro atoms. The van der Waals surface area contributed by atoms with Gasteiger partial charge >= 0.3 is 6.03 Å². The number of ether oxygens (including phenoxy) is 1. The van der Waals surface area contributed by atoms with Gasteiger partial charge in [0, 0.05) is 43.1 Å². The van der Waals surface area contributed by atoms with Crippen LogP contribution in [0.2, 0.25) is 10.0 Å². The maximum atomic E-state index is 14.6. The van der Waals surface area contributed by atoms with Crippen LogP contribution in [0.5, 0.6) is 5.75 Å². The molecular weight excluding hydrogens is 583 g/mol. The van der Waals surface area contributed by atoms with E-state index in [2.05, 4.69) is 32.9 Å². The summed E-state index contributed by atoms with van der Waals surface area (Å²) in [7, 11) is 0. The average Bonchev–Trinajstić information content (AvgIpc) is 3.37. The molecule has 2 heterocycles. The van der Waals surface area contributed by atoms with E-state index in [9.17, 15) is 9.59 Å². The van der Waals surface area contributed by atoms with Crippen molar-refractivity contribution in [3.63, 3.8) is 0 Å². The van der Waals surface area contributed by atoms with Crippen LogP contribution in [0.15, 0.2) is 71.7 Å². The molecule has 226 valence electrons. The zero-order chi connectivity index (χ0) is 30.9. The second-order valence-corrected chi connectivity index (χ2v) is 12.9. The van der Waals surface area contributed by atoms with Crippen molar-refractivity contribution >= 4 is 41.0 Å². The number of carbonyl (C=O) groups excluding carboxylic acids is 2. The third-order valence-electron chi connectivity index (χ3n) is 8.08. The molecule has 3 amide bonds. The highest BCUT2D eigenvalue weighted by molar-refractivity contribution is 6.30. The Morgan fingerprint density at radius 3 is 1.95 bits per heavy atom. The SMILES string of the molecule is CCOc1cc(C(C)(C)C)ccc1C1=NC(c2ccc(Cl)cc2)C(c2ccc(Cl)cc2)N1C(=O)N1CCN(C(C)=O)CC1. The predicted molar refractivity (Wildman–Crippen MR) is 172 cm³/mol. The van der Waals surface area contributed by atoms with Crippen LogP contribution in [0.4, 0.5) is 4.79 Å². The average molecular weight is 622 g/mol. The van der Waals surface area contributed by atoms with E-state index in [0.717, 1.165) is 22.3 Å². The van der Waals surface area contributed by atoms with Crippen LogP contribution in [-0.4, -0.2) is 65.3 Å². The van der Waals surface area contributed by atoms with Crippen molar-refractivity contribution in [2.24, 2.45) is 4.99 Å². The number of urea groups is 1. The van der Waals surface area contributed by atoms with Gasteiger partial charge in [-0.1, -0.05) is 74.3 Å². The number of halogens is 2. The number of nitrogens with zero attached hydrogens (tertiary/aromatic N) is 4. The number of benzene rings is 3. The summed E-state index contributed by atoms with van der Waals surface area (Å²) in [6, 6.07) is 20.3.